The molecule has 0 aliphatic heterocycles. The summed E-state index contributed by atoms with van der Waals surface area (Å²) in [6.45, 7) is 0. The minimum atomic E-state index is 0.450. The van der Waals surface area contributed by atoms with Crippen molar-refractivity contribution in [2.45, 2.75) is 30.2 Å². The average molecular weight is 207 g/mol. The van der Waals surface area contributed by atoms with E-state index in [0.29, 0.717) is 6.04 Å². The minimum Gasteiger partial charge on any atom is -0.327 e. The van der Waals surface area contributed by atoms with Crippen molar-refractivity contribution in [3.05, 3.63) is 30.3 Å². The maximum atomic E-state index is 6.03. The molecule has 1 aliphatic carbocycles. The highest BCUT2D eigenvalue weighted by molar-refractivity contribution is 7.99. The second kappa shape index (κ2) is 4.85. The predicted molar refractivity (Wildman–Crippen MR) is 62.5 cm³/mol. The normalized spacial score (nSPS) is 26.6. The molecule has 0 spiro atoms. The van der Waals surface area contributed by atoms with E-state index < -0.39 is 0 Å². The van der Waals surface area contributed by atoms with Crippen LogP contribution in [-0.2, 0) is 0 Å². The van der Waals surface area contributed by atoms with Gasteiger partial charge in [-0.3, -0.25) is 0 Å². The molecule has 0 bridgehead atoms. The predicted octanol–water partition coefficient (Wildman–Crippen LogP) is 2.91. The Bertz CT molecular complexity index is 273. The van der Waals surface area contributed by atoms with E-state index >= 15 is 0 Å². The van der Waals surface area contributed by atoms with Crippen LogP contribution >= 0.6 is 11.8 Å². The molecule has 2 atom stereocenters. The molecule has 0 saturated heterocycles. The van der Waals surface area contributed by atoms with E-state index in [4.69, 9.17) is 5.73 Å². The number of benzene rings is 1. The van der Waals surface area contributed by atoms with E-state index in [0.717, 1.165) is 5.92 Å². The highest BCUT2D eigenvalue weighted by atomic mass is 32.2. The summed E-state index contributed by atoms with van der Waals surface area (Å²) < 4.78 is 0. The SMILES string of the molecule is NC1CCCC1CSc1ccccc1. The van der Waals surface area contributed by atoms with Crippen molar-refractivity contribution in [1.29, 1.82) is 0 Å². The van der Waals surface area contributed by atoms with Crippen molar-refractivity contribution < 1.29 is 0 Å². The summed E-state index contributed by atoms with van der Waals surface area (Å²) >= 11 is 1.94. The van der Waals surface area contributed by atoms with E-state index in [-0.39, 0.29) is 0 Å². The maximum Gasteiger partial charge on any atom is 0.00751 e. The smallest absolute Gasteiger partial charge is 0.00751 e. The molecule has 0 heterocycles. The fourth-order valence-electron chi connectivity index (χ4n) is 1.99. The van der Waals surface area contributed by atoms with E-state index in [9.17, 15) is 0 Å². The quantitative estimate of drug-likeness (QED) is 0.771. The molecule has 2 heteroatoms. The van der Waals surface area contributed by atoms with Crippen molar-refractivity contribution in [2.75, 3.05) is 5.75 Å². The van der Waals surface area contributed by atoms with Gasteiger partial charge in [0.15, 0.2) is 0 Å². The third-order valence-corrected chi connectivity index (χ3v) is 4.13. The van der Waals surface area contributed by atoms with Crippen LogP contribution in [0.4, 0.5) is 0 Å². The Hall–Kier alpha value is -0.470. The van der Waals surface area contributed by atoms with Crippen molar-refractivity contribution in [1.82, 2.24) is 0 Å². The van der Waals surface area contributed by atoms with Gasteiger partial charge in [-0.05, 0) is 30.9 Å². The van der Waals surface area contributed by atoms with E-state index in [1.54, 1.807) is 0 Å². The number of rotatable bonds is 3. The summed E-state index contributed by atoms with van der Waals surface area (Å²) in [5.74, 6) is 1.92. The molecule has 2 N–H and O–H groups in total. The van der Waals surface area contributed by atoms with Gasteiger partial charge in [0.2, 0.25) is 0 Å². The Morgan fingerprint density at radius 3 is 2.64 bits per heavy atom. The summed E-state index contributed by atoms with van der Waals surface area (Å²) in [6, 6.07) is 11.0. The summed E-state index contributed by atoms with van der Waals surface area (Å²) in [7, 11) is 0. The fourth-order valence-corrected chi connectivity index (χ4v) is 3.16. The van der Waals surface area contributed by atoms with Crippen LogP contribution in [0.2, 0.25) is 0 Å². The molecule has 1 aromatic carbocycles. The number of nitrogens with two attached hydrogens (primary N) is 1. The number of hydrogen-bond donors (Lipinski definition) is 1. The minimum absolute atomic E-state index is 0.450. The topological polar surface area (TPSA) is 26.0 Å². The van der Waals surface area contributed by atoms with Gasteiger partial charge in [-0.2, -0.15) is 0 Å². The maximum absolute atomic E-state index is 6.03. The number of hydrogen-bond acceptors (Lipinski definition) is 2. The summed E-state index contributed by atoms with van der Waals surface area (Å²) in [5.41, 5.74) is 6.03. The van der Waals surface area contributed by atoms with Gasteiger partial charge in [-0.1, -0.05) is 24.6 Å². The molecule has 1 nitrogen and oxygen atoms in total. The first-order valence-electron chi connectivity index (χ1n) is 5.29. The van der Waals surface area contributed by atoms with Crippen LogP contribution < -0.4 is 5.73 Å². The molecule has 2 unspecified atom stereocenters. The average Bonchev–Trinajstić information content (AvgIpc) is 2.63. The summed E-state index contributed by atoms with van der Waals surface area (Å²) in [4.78, 5) is 1.37. The van der Waals surface area contributed by atoms with E-state index in [1.807, 2.05) is 11.8 Å². The highest BCUT2D eigenvalue weighted by Gasteiger charge is 2.23. The lowest BCUT2D eigenvalue weighted by molar-refractivity contribution is 0.536. The molecule has 0 amide bonds. The van der Waals surface area contributed by atoms with Crippen molar-refractivity contribution in [3.8, 4) is 0 Å². The zero-order valence-corrected chi connectivity index (χ0v) is 9.17. The Morgan fingerprint density at radius 2 is 2.00 bits per heavy atom. The molecular formula is C12H17NS. The van der Waals surface area contributed by atoms with Crippen LogP contribution in [0, 0.1) is 5.92 Å². The molecular weight excluding hydrogens is 190 g/mol. The van der Waals surface area contributed by atoms with Gasteiger partial charge >= 0.3 is 0 Å². The van der Waals surface area contributed by atoms with Crippen molar-refractivity contribution in [2.24, 2.45) is 11.7 Å². The third kappa shape index (κ3) is 2.52. The Morgan fingerprint density at radius 1 is 1.21 bits per heavy atom. The molecule has 1 fully saturated rings. The van der Waals surface area contributed by atoms with Crippen molar-refractivity contribution >= 4 is 11.8 Å². The largest absolute Gasteiger partial charge is 0.327 e. The third-order valence-electron chi connectivity index (χ3n) is 2.93. The van der Waals surface area contributed by atoms with Crippen LogP contribution in [0.5, 0.6) is 0 Å². The van der Waals surface area contributed by atoms with Gasteiger partial charge in [0.25, 0.3) is 0 Å². The first kappa shape index (κ1) is 10.1. The molecule has 14 heavy (non-hydrogen) atoms. The summed E-state index contributed by atoms with van der Waals surface area (Å²) in [5, 5.41) is 0. The van der Waals surface area contributed by atoms with Crippen LogP contribution in [-0.4, -0.2) is 11.8 Å². The first-order valence-corrected chi connectivity index (χ1v) is 6.28. The molecule has 0 aromatic heterocycles. The molecule has 1 aliphatic rings. The Balaban J connectivity index is 1.82. The molecule has 2 rings (SSSR count). The lowest BCUT2D eigenvalue weighted by Crippen LogP contribution is -2.25. The van der Waals surface area contributed by atoms with Gasteiger partial charge in [0.05, 0.1) is 0 Å². The lowest BCUT2D eigenvalue weighted by atomic mass is 10.1. The van der Waals surface area contributed by atoms with E-state index in [1.165, 1.54) is 29.9 Å². The zero-order chi connectivity index (χ0) is 9.80. The van der Waals surface area contributed by atoms with Crippen LogP contribution in [0.15, 0.2) is 35.2 Å². The number of thioether (sulfide) groups is 1. The Labute approximate surface area is 90.1 Å². The van der Waals surface area contributed by atoms with Crippen LogP contribution in [0.1, 0.15) is 19.3 Å². The molecule has 1 saturated carbocycles. The zero-order valence-electron chi connectivity index (χ0n) is 8.36. The first-order chi connectivity index (χ1) is 6.86. The van der Waals surface area contributed by atoms with Gasteiger partial charge in [-0.15, -0.1) is 11.8 Å². The Kier molecular flexibility index (Phi) is 3.49. The van der Waals surface area contributed by atoms with Gasteiger partial charge in [0, 0.05) is 16.7 Å². The molecule has 76 valence electrons. The van der Waals surface area contributed by atoms with Gasteiger partial charge < -0.3 is 5.73 Å². The second-order valence-corrected chi connectivity index (χ2v) is 5.07. The van der Waals surface area contributed by atoms with Gasteiger partial charge in [-0.25, -0.2) is 0 Å². The lowest BCUT2D eigenvalue weighted by Gasteiger charge is -2.14. The summed E-state index contributed by atoms with van der Waals surface area (Å²) in [6.07, 6.45) is 3.86. The van der Waals surface area contributed by atoms with E-state index in [2.05, 4.69) is 30.3 Å². The van der Waals surface area contributed by atoms with Crippen LogP contribution in [0.25, 0.3) is 0 Å². The monoisotopic (exact) mass is 207 g/mol. The van der Waals surface area contributed by atoms with Crippen molar-refractivity contribution in [3.63, 3.8) is 0 Å². The molecule has 1 aromatic rings. The molecule has 0 radical (unpaired) electrons. The standard InChI is InChI=1S/C12H17NS/c13-12-8-4-5-10(12)9-14-11-6-2-1-3-7-11/h1-3,6-7,10,12H,4-5,8-9,13H2. The van der Waals surface area contributed by atoms with Gasteiger partial charge in [0.1, 0.15) is 0 Å². The fraction of sp³-hybridized carbons (Fsp3) is 0.500. The highest BCUT2D eigenvalue weighted by Crippen LogP contribution is 2.30. The van der Waals surface area contributed by atoms with Crippen LogP contribution in [0.3, 0.4) is 0 Å². The second-order valence-electron chi connectivity index (χ2n) is 3.98.